The molecule has 0 aromatic carbocycles. The molecule has 4 heteroatoms. The van der Waals surface area contributed by atoms with Gasteiger partial charge in [0.15, 0.2) is 0 Å². The number of rotatable bonds is 7. The van der Waals surface area contributed by atoms with Gasteiger partial charge in [-0.1, -0.05) is 26.0 Å². The zero-order valence-electron chi connectivity index (χ0n) is 13.0. The third-order valence-corrected chi connectivity index (χ3v) is 4.82. The molecule has 0 aliphatic rings. The van der Waals surface area contributed by atoms with Gasteiger partial charge in [0.1, 0.15) is 0 Å². The first-order valence-electron chi connectivity index (χ1n) is 7.60. The number of thiophene rings is 1. The van der Waals surface area contributed by atoms with Crippen molar-refractivity contribution in [1.82, 2.24) is 15.0 Å². The molecule has 2 heterocycles. The lowest BCUT2D eigenvalue weighted by Gasteiger charge is -2.10. The minimum Gasteiger partial charge on any atom is -0.253 e. The Kier molecular flexibility index (Phi) is 5.35. The quantitative estimate of drug-likeness (QED) is 0.761. The highest BCUT2D eigenvalue weighted by molar-refractivity contribution is 7.12. The second-order valence-electron chi connectivity index (χ2n) is 5.78. The Balaban J connectivity index is 2.05. The number of hydrogen-bond donors (Lipinski definition) is 0. The molecule has 1 unspecified atom stereocenters. The van der Waals surface area contributed by atoms with Crippen molar-refractivity contribution in [3.05, 3.63) is 33.8 Å². The van der Waals surface area contributed by atoms with Crippen molar-refractivity contribution in [2.24, 2.45) is 5.92 Å². The summed E-state index contributed by atoms with van der Waals surface area (Å²) in [5.74, 6) is 1.30. The molecule has 3 nitrogen and oxygen atoms in total. The number of aromatic nitrogens is 3. The van der Waals surface area contributed by atoms with Crippen molar-refractivity contribution in [2.75, 3.05) is 0 Å². The van der Waals surface area contributed by atoms with Gasteiger partial charge in [0.2, 0.25) is 0 Å². The molecular formula is C16H25N3S. The molecule has 0 N–H and O–H groups in total. The summed E-state index contributed by atoms with van der Waals surface area (Å²) < 4.78 is 1.90. The van der Waals surface area contributed by atoms with Gasteiger partial charge < -0.3 is 0 Å². The maximum Gasteiger partial charge on any atom is 0.0833 e. The Hall–Kier alpha value is -1.16. The van der Waals surface area contributed by atoms with Crippen molar-refractivity contribution >= 4 is 11.3 Å². The Bertz CT molecular complexity index is 527. The number of hydrogen-bond acceptors (Lipinski definition) is 3. The van der Waals surface area contributed by atoms with Crippen LogP contribution < -0.4 is 0 Å². The lowest BCUT2D eigenvalue weighted by Crippen LogP contribution is -2.00. The Morgan fingerprint density at radius 3 is 2.60 bits per heavy atom. The van der Waals surface area contributed by atoms with Crippen LogP contribution in [0.2, 0.25) is 0 Å². The van der Waals surface area contributed by atoms with Crippen LogP contribution in [0, 0.1) is 5.92 Å². The van der Waals surface area contributed by atoms with Crippen LogP contribution in [0.5, 0.6) is 0 Å². The third-order valence-electron chi connectivity index (χ3n) is 3.55. The second kappa shape index (κ2) is 7.02. The lowest BCUT2D eigenvalue weighted by molar-refractivity contribution is 0.625. The molecule has 20 heavy (non-hydrogen) atoms. The average Bonchev–Trinajstić information content (AvgIpc) is 3.04. The standard InChI is InChI=1S/C16H25N3S/c1-5-13(10-14-11-19(6-2)18-17-14)16-8-7-15(20-16)9-12(3)4/h7-8,11-13H,5-6,9-10H2,1-4H3. The van der Waals surface area contributed by atoms with E-state index in [1.807, 2.05) is 16.0 Å². The Morgan fingerprint density at radius 1 is 1.20 bits per heavy atom. The SMILES string of the molecule is CCC(Cc1cn(CC)nn1)c1ccc(CC(C)C)s1. The second-order valence-corrected chi connectivity index (χ2v) is 6.98. The summed E-state index contributed by atoms with van der Waals surface area (Å²) in [6, 6.07) is 4.60. The van der Waals surface area contributed by atoms with E-state index < -0.39 is 0 Å². The first-order chi connectivity index (χ1) is 9.62. The molecule has 0 aliphatic heterocycles. The van der Waals surface area contributed by atoms with Gasteiger partial charge in [-0.05, 0) is 43.7 Å². The predicted octanol–water partition coefficient (Wildman–Crippen LogP) is 4.29. The first-order valence-corrected chi connectivity index (χ1v) is 8.41. The van der Waals surface area contributed by atoms with Gasteiger partial charge in [-0.2, -0.15) is 0 Å². The van der Waals surface area contributed by atoms with Gasteiger partial charge >= 0.3 is 0 Å². The van der Waals surface area contributed by atoms with Gasteiger partial charge in [0.05, 0.1) is 5.69 Å². The van der Waals surface area contributed by atoms with E-state index in [1.54, 1.807) is 0 Å². The average molecular weight is 291 g/mol. The van der Waals surface area contributed by atoms with E-state index in [0.29, 0.717) is 5.92 Å². The van der Waals surface area contributed by atoms with Crippen LogP contribution >= 0.6 is 11.3 Å². The number of aryl methyl sites for hydroxylation is 1. The van der Waals surface area contributed by atoms with Crippen LogP contribution in [-0.4, -0.2) is 15.0 Å². The van der Waals surface area contributed by atoms with E-state index in [1.165, 1.54) is 16.2 Å². The first kappa shape index (κ1) is 15.2. The highest BCUT2D eigenvalue weighted by Gasteiger charge is 2.15. The monoisotopic (exact) mass is 291 g/mol. The van der Waals surface area contributed by atoms with Crippen molar-refractivity contribution in [2.45, 2.75) is 59.4 Å². The van der Waals surface area contributed by atoms with Crippen LogP contribution in [0.3, 0.4) is 0 Å². The van der Waals surface area contributed by atoms with Crippen molar-refractivity contribution in [1.29, 1.82) is 0 Å². The van der Waals surface area contributed by atoms with E-state index >= 15 is 0 Å². The highest BCUT2D eigenvalue weighted by Crippen LogP contribution is 2.30. The van der Waals surface area contributed by atoms with Crippen LogP contribution in [-0.2, 0) is 19.4 Å². The zero-order valence-corrected chi connectivity index (χ0v) is 13.8. The van der Waals surface area contributed by atoms with Crippen molar-refractivity contribution < 1.29 is 0 Å². The molecule has 0 fully saturated rings. The largest absolute Gasteiger partial charge is 0.253 e. The topological polar surface area (TPSA) is 30.7 Å². The van der Waals surface area contributed by atoms with E-state index in [-0.39, 0.29) is 0 Å². The molecule has 0 spiro atoms. The van der Waals surface area contributed by atoms with Crippen LogP contribution in [0.1, 0.15) is 55.5 Å². The molecule has 2 aromatic heterocycles. The van der Waals surface area contributed by atoms with E-state index in [0.717, 1.165) is 31.0 Å². The van der Waals surface area contributed by atoms with Crippen LogP contribution in [0.4, 0.5) is 0 Å². The fourth-order valence-electron chi connectivity index (χ4n) is 2.41. The molecule has 0 bridgehead atoms. The molecule has 0 aliphatic carbocycles. The van der Waals surface area contributed by atoms with Gasteiger partial charge in [-0.25, -0.2) is 0 Å². The van der Waals surface area contributed by atoms with Gasteiger partial charge in [0, 0.05) is 28.9 Å². The van der Waals surface area contributed by atoms with Crippen molar-refractivity contribution in [3.63, 3.8) is 0 Å². The summed E-state index contributed by atoms with van der Waals surface area (Å²) >= 11 is 1.97. The third kappa shape index (κ3) is 3.92. The molecule has 0 radical (unpaired) electrons. The fraction of sp³-hybridized carbons (Fsp3) is 0.625. The maximum atomic E-state index is 4.27. The summed E-state index contributed by atoms with van der Waals surface area (Å²) in [5, 5.41) is 8.40. The predicted molar refractivity (Wildman–Crippen MR) is 85.3 cm³/mol. The highest BCUT2D eigenvalue weighted by atomic mass is 32.1. The molecule has 2 rings (SSSR count). The van der Waals surface area contributed by atoms with Crippen LogP contribution in [0.15, 0.2) is 18.3 Å². The Morgan fingerprint density at radius 2 is 2.00 bits per heavy atom. The molecule has 2 aromatic rings. The van der Waals surface area contributed by atoms with Gasteiger partial charge in [-0.3, -0.25) is 4.68 Å². The molecule has 1 atom stereocenters. The van der Waals surface area contributed by atoms with Gasteiger partial charge in [-0.15, -0.1) is 16.4 Å². The van der Waals surface area contributed by atoms with E-state index in [2.05, 4.69) is 56.3 Å². The normalized spacial score (nSPS) is 13.1. The summed E-state index contributed by atoms with van der Waals surface area (Å²) in [6.45, 7) is 9.80. The summed E-state index contributed by atoms with van der Waals surface area (Å²) in [4.78, 5) is 3.00. The maximum absolute atomic E-state index is 4.27. The molecule has 0 saturated carbocycles. The minimum absolute atomic E-state index is 0.572. The molecule has 0 saturated heterocycles. The number of nitrogens with zero attached hydrogens (tertiary/aromatic N) is 3. The molecule has 110 valence electrons. The lowest BCUT2D eigenvalue weighted by atomic mass is 9.99. The van der Waals surface area contributed by atoms with E-state index in [4.69, 9.17) is 0 Å². The van der Waals surface area contributed by atoms with Gasteiger partial charge in [0.25, 0.3) is 0 Å². The molecule has 0 amide bonds. The van der Waals surface area contributed by atoms with Crippen LogP contribution in [0.25, 0.3) is 0 Å². The minimum atomic E-state index is 0.572. The molecular weight excluding hydrogens is 266 g/mol. The smallest absolute Gasteiger partial charge is 0.0833 e. The summed E-state index contributed by atoms with van der Waals surface area (Å²) in [7, 11) is 0. The zero-order chi connectivity index (χ0) is 14.5. The summed E-state index contributed by atoms with van der Waals surface area (Å²) in [6.07, 6.45) is 5.41. The Labute approximate surface area is 126 Å². The summed E-state index contributed by atoms with van der Waals surface area (Å²) in [5.41, 5.74) is 1.11. The van der Waals surface area contributed by atoms with E-state index in [9.17, 15) is 0 Å². The van der Waals surface area contributed by atoms with Crippen molar-refractivity contribution in [3.8, 4) is 0 Å². The fourth-order valence-corrected chi connectivity index (χ4v) is 3.82.